The third-order valence-electron chi connectivity index (χ3n) is 5.36. The van der Waals surface area contributed by atoms with Gasteiger partial charge in [-0.05, 0) is 62.0 Å². The van der Waals surface area contributed by atoms with E-state index in [1.165, 1.54) is 4.90 Å². The predicted molar refractivity (Wildman–Crippen MR) is 130 cm³/mol. The number of hydrogen-bond donors (Lipinski definition) is 4. The maximum atomic E-state index is 13.2. The minimum atomic E-state index is -1.03. The lowest BCUT2D eigenvalue weighted by Crippen LogP contribution is -2.57. The van der Waals surface area contributed by atoms with Gasteiger partial charge in [0, 0.05) is 6.54 Å². The number of carboxylic acids is 1. The summed E-state index contributed by atoms with van der Waals surface area (Å²) in [7, 11) is 0. The van der Waals surface area contributed by atoms with E-state index >= 15 is 0 Å². The number of likely N-dealkylation sites (tertiary alicyclic amines) is 1. The van der Waals surface area contributed by atoms with E-state index in [4.69, 9.17) is 5.73 Å². The van der Waals surface area contributed by atoms with Crippen molar-refractivity contribution in [2.24, 2.45) is 11.7 Å². The molecule has 1 aliphatic rings. The Bertz CT molecular complexity index is 650. The molecule has 0 aromatic carbocycles. The van der Waals surface area contributed by atoms with E-state index in [9.17, 15) is 24.3 Å². The number of amides is 3. The topological polar surface area (TPSA) is 142 Å². The maximum absolute atomic E-state index is 13.2. The molecule has 1 aliphatic heterocycles. The van der Waals surface area contributed by atoms with Gasteiger partial charge in [-0.15, -0.1) is 0 Å². The first-order chi connectivity index (χ1) is 15.1. The van der Waals surface area contributed by atoms with Gasteiger partial charge in [0.2, 0.25) is 17.7 Å². The van der Waals surface area contributed by atoms with Gasteiger partial charge in [0.1, 0.15) is 18.1 Å². The molecule has 4 atom stereocenters. The third-order valence-corrected chi connectivity index (χ3v) is 6.64. The predicted octanol–water partition coefficient (Wildman–Crippen LogP) is 0.911. The molecule has 0 aliphatic carbocycles. The van der Waals surface area contributed by atoms with Crippen LogP contribution in [0, 0.1) is 5.92 Å². The summed E-state index contributed by atoms with van der Waals surface area (Å²) < 4.78 is 0. The fraction of sp³-hybridized carbons (Fsp3) is 0.810. The van der Waals surface area contributed by atoms with Crippen LogP contribution in [0.15, 0.2) is 0 Å². The van der Waals surface area contributed by atoms with E-state index in [-0.39, 0.29) is 11.8 Å². The Balaban J connectivity index is 2.93. The van der Waals surface area contributed by atoms with Crippen LogP contribution in [-0.4, -0.2) is 88.4 Å². The first kappa shape index (κ1) is 28.6. The van der Waals surface area contributed by atoms with Crippen LogP contribution < -0.4 is 16.4 Å². The largest absolute Gasteiger partial charge is 0.480 e. The SMILES string of the molecule is CSCCC(N)C(=O)NC(CCSC)C(=O)NC(CC(C)C)C(=O)N1CCCC1C(=O)O. The Morgan fingerprint density at radius 3 is 2.19 bits per heavy atom. The summed E-state index contributed by atoms with van der Waals surface area (Å²) in [6.07, 6.45) is 6.15. The second-order valence-electron chi connectivity index (χ2n) is 8.45. The number of nitrogens with two attached hydrogens (primary N) is 1. The van der Waals surface area contributed by atoms with Crippen LogP contribution in [0.1, 0.15) is 46.0 Å². The first-order valence-electron chi connectivity index (χ1n) is 11.0. The Morgan fingerprint density at radius 2 is 1.62 bits per heavy atom. The monoisotopic (exact) mass is 490 g/mol. The fourth-order valence-corrected chi connectivity index (χ4v) is 4.57. The van der Waals surface area contributed by atoms with Crippen LogP contribution >= 0.6 is 23.5 Å². The minimum Gasteiger partial charge on any atom is -0.480 e. The average Bonchev–Trinajstić information content (AvgIpc) is 3.23. The van der Waals surface area contributed by atoms with Gasteiger partial charge in [0.05, 0.1) is 6.04 Å². The summed E-state index contributed by atoms with van der Waals surface area (Å²) in [5.74, 6) is -0.768. The van der Waals surface area contributed by atoms with Crippen LogP contribution in [0.25, 0.3) is 0 Å². The van der Waals surface area contributed by atoms with Crippen LogP contribution in [0.2, 0.25) is 0 Å². The van der Waals surface area contributed by atoms with Gasteiger partial charge < -0.3 is 26.4 Å². The van der Waals surface area contributed by atoms with Crippen LogP contribution in [0.4, 0.5) is 0 Å². The molecule has 0 aromatic rings. The van der Waals surface area contributed by atoms with E-state index in [0.29, 0.717) is 44.4 Å². The van der Waals surface area contributed by atoms with Gasteiger partial charge in [0.25, 0.3) is 0 Å². The summed E-state index contributed by atoms with van der Waals surface area (Å²) in [5.41, 5.74) is 5.94. The van der Waals surface area contributed by atoms with Gasteiger partial charge in [-0.3, -0.25) is 14.4 Å². The Kier molecular flexibility index (Phi) is 13.1. The zero-order chi connectivity index (χ0) is 24.3. The third kappa shape index (κ3) is 9.19. The highest BCUT2D eigenvalue weighted by Crippen LogP contribution is 2.20. The number of carbonyl (C=O) groups excluding carboxylic acids is 3. The van der Waals surface area contributed by atoms with Gasteiger partial charge in [0.15, 0.2) is 0 Å². The van der Waals surface area contributed by atoms with Crippen molar-refractivity contribution in [3.05, 3.63) is 0 Å². The molecule has 1 rings (SSSR count). The zero-order valence-electron chi connectivity index (χ0n) is 19.5. The number of carboxylic acid groups (broad SMARTS) is 1. The second-order valence-corrected chi connectivity index (χ2v) is 10.4. The minimum absolute atomic E-state index is 0.106. The molecule has 9 nitrogen and oxygen atoms in total. The number of rotatable bonds is 14. The zero-order valence-corrected chi connectivity index (χ0v) is 21.1. The molecule has 32 heavy (non-hydrogen) atoms. The molecule has 184 valence electrons. The average molecular weight is 491 g/mol. The van der Waals surface area contributed by atoms with Crippen molar-refractivity contribution in [2.75, 3.05) is 30.6 Å². The Morgan fingerprint density at radius 1 is 1.03 bits per heavy atom. The van der Waals surface area contributed by atoms with E-state index in [1.807, 2.05) is 26.4 Å². The number of nitrogens with zero attached hydrogens (tertiary/aromatic N) is 1. The molecule has 0 bridgehead atoms. The van der Waals surface area contributed by atoms with Crippen molar-refractivity contribution in [2.45, 2.75) is 70.1 Å². The molecule has 0 saturated carbocycles. The molecule has 1 fully saturated rings. The fourth-order valence-electron chi connectivity index (χ4n) is 3.61. The number of thioether (sulfide) groups is 2. The molecule has 0 spiro atoms. The number of hydrogen-bond acceptors (Lipinski definition) is 7. The summed E-state index contributed by atoms with van der Waals surface area (Å²) in [5, 5.41) is 15.0. The molecule has 5 N–H and O–H groups in total. The lowest BCUT2D eigenvalue weighted by Gasteiger charge is -2.29. The lowest BCUT2D eigenvalue weighted by atomic mass is 10.0. The highest BCUT2D eigenvalue weighted by atomic mass is 32.2. The quantitative estimate of drug-likeness (QED) is 0.281. The molecule has 11 heteroatoms. The van der Waals surface area contributed by atoms with Crippen molar-refractivity contribution < 1.29 is 24.3 Å². The molecule has 0 aromatic heterocycles. The van der Waals surface area contributed by atoms with Crippen LogP contribution in [0.3, 0.4) is 0 Å². The van der Waals surface area contributed by atoms with E-state index < -0.39 is 42.0 Å². The van der Waals surface area contributed by atoms with Gasteiger partial charge >= 0.3 is 5.97 Å². The molecular weight excluding hydrogens is 452 g/mol. The maximum Gasteiger partial charge on any atom is 0.326 e. The Hall–Kier alpha value is -1.46. The molecule has 4 unspecified atom stereocenters. The van der Waals surface area contributed by atoms with E-state index in [2.05, 4.69) is 10.6 Å². The van der Waals surface area contributed by atoms with Gasteiger partial charge in [-0.25, -0.2) is 4.79 Å². The molecule has 1 saturated heterocycles. The number of carbonyl (C=O) groups is 4. The summed E-state index contributed by atoms with van der Waals surface area (Å²) in [6.45, 7) is 4.23. The second kappa shape index (κ2) is 14.6. The van der Waals surface area contributed by atoms with Crippen molar-refractivity contribution in [1.29, 1.82) is 0 Å². The standard InChI is InChI=1S/C21H38N4O5S2/c1-13(2)12-16(20(28)25-9-5-6-17(25)21(29)30)24-19(27)15(8-11-32-4)23-18(26)14(22)7-10-31-3/h13-17H,5-12,22H2,1-4H3,(H,23,26)(H,24,27)(H,29,30). The number of aliphatic carboxylic acids is 1. The van der Waals surface area contributed by atoms with E-state index in [0.717, 1.165) is 5.75 Å². The highest BCUT2D eigenvalue weighted by molar-refractivity contribution is 7.98. The summed E-state index contributed by atoms with van der Waals surface area (Å²) in [4.78, 5) is 51.6. The number of nitrogens with one attached hydrogen (secondary N) is 2. The summed E-state index contributed by atoms with van der Waals surface area (Å²) >= 11 is 3.14. The van der Waals surface area contributed by atoms with Crippen molar-refractivity contribution in [1.82, 2.24) is 15.5 Å². The molecule has 0 radical (unpaired) electrons. The van der Waals surface area contributed by atoms with Gasteiger partial charge in [-0.1, -0.05) is 13.8 Å². The van der Waals surface area contributed by atoms with Crippen molar-refractivity contribution in [3.8, 4) is 0 Å². The molecule has 3 amide bonds. The lowest BCUT2D eigenvalue weighted by molar-refractivity contribution is -0.149. The van der Waals surface area contributed by atoms with Crippen molar-refractivity contribution in [3.63, 3.8) is 0 Å². The Labute approximate surface area is 199 Å². The van der Waals surface area contributed by atoms with E-state index in [1.54, 1.807) is 23.5 Å². The van der Waals surface area contributed by atoms with Gasteiger partial charge in [-0.2, -0.15) is 23.5 Å². The summed E-state index contributed by atoms with van der Waals surface area (Å²) in [6, 6.07) is -3.23. The normalized spacial score (nSPS) is 18.8. The molecule has 1 heterocycles. The van der Waals surface area contributed by atoms with Crippen LogP contribution in [-0.2, 0) is 19.2 Å². The van der Waals surface area contributed by atoms with Crippen molar-refractivity contribution >= 4 is 47.2 Å². The molecular formula is C21H38N4O5S2. The van der Waals surface area contributed by atoms with Crippen LogP contribution in [0.5, 0.6) is 0 Å². The smallest absolute Gasteiger partial charge is 0.326 e. The highest BCUT2D eigenvalue weighted by Gasteiger charge is 2.38. The first-order valence-corrected chi connectivity index (χ1v) is 13.8.